The lowest BCUT2D eigenvalue weighted by atomic mass is 9.33. The molecule has 12 N–H and O–H groups in total. The van der Waals surface area contributed by atoms with Crippen LogP contribution in [0.25, 0.3) is 0 Å². The molecule has 0 radical (unpaired) electrons. The van der Waals surface area contributed by atoms with Crippen molar-refractivity contribution in [3.05, 3.63) is 41.5 Å². The molecule has 3 aliphatic heterocycles. The number of ether oxygens (including phenoxy) is 7. The van der Waals surface area contributed by atoms with E-state index in [-0.39, 0.29) is 47.2 Å². The molecule has 1 unspecified atom stereocenters. The fraction of sp³-hybridized carbons (Fsp3) is 0.836. The number of hydrogen-bond donors (Lipinski definition) is 12. The van der Waals surface area contributed by atoms with Gasteiger partial charge in [0.2, 0.25) is 0 Å². The molecule has 20 heteroatoms. The lowest BCUT2D eigenvalue weighted by Crippen LogP contribution is -2.69. The average molecular weight is 1060 g/mol. The molecule has 1 aromatic carbocycles. The molecule has 9 rings (SSSR count). The maximum absolute atomic E-state index is 13.7. The van der Waals surface area contributed by atoms with Gasteiger partial charge in [-0.2, -0.15) is 0 Å². The number of carbonyl (C=O) groups is 1. The summed E-state index contributed by atoms with van der Waals surface area (Å²) in [7, 11) is 1.75. The van der Waals surface area contributed by atoms with Crippen LogP contribution in [0.4, 0.5) is 5.69 Å². The molecule has 75 heavy (non-hydrogen) atoms. The summed E-state index contributed by atoms with van der Waals surface area (Å²) in [6.45, 7) is 14.3. The largest absolute Gasteiger partial charge is 0.461 e. The Bertz CT molecular complexity index is 2230. The van der Waals surface area contributed by atoms with Crippen LogP contribution in [-0.2, 0) is 33.2 Å². The predicted octanol–water partition coefficient (Wildman–Crippen LogP) is 1.10. The normalized spacial score (nSPS) is 49.2. The Kier molecular flexibility index (Phi) is 15.9. The first-order chi connectivity index (χ1) is 35.2. The van der Waals surface area contributed by atoms with Crippen LogP contribution in [0.5, 0.6) is 0 Å². The van der Waals surface area contributed by atoms with Crippen molar-refractivity contribution in [3.8, 4) is 0 Å². The zero-order valence-electron chi connectivity index (χ0n) is 44.6. The van der Waals surface area contributed by atoms with Gasteiger partial charge in [-0.05, 0) is 108 Å². The Morgan fingerprint density at radius 1 is 0.680 bits per heavy atom. The summed E-state index contributed by atoms with van der Waals surface area (Å²) in [6.07, 6.45) is -16.5. The monoisotopic (exact) mass is 1060 g/mol. The minimum absolute atomic E-state index is 0.117. The fourth-order valence-electron chi connectivity index (χ4n) is 16.1. The van der Waals surface area contributed by atoms with Crippen LogP contribution in [0, 0.1) is 50.2 Å². The van der Waals surface area contributed by atoms with Gasteiger partial charge in [0.05, 0.1) is 49.1 Å². The maximum atomic E-state index is 13.7. The van der Waals surface area contributed by atoms with Crippen LogP contribution in [-0.4, -0.2) is 200 Å². The van der Waals surface area contributed by atoms with Crippen molar-refractivity contribution >= 4 is 11.7 Å². The molecule has 5 aliphatic carbocycles. The van der Waals surface area contributed by atoms with Gasteiger partial charge < -0.3 is 94.6 Å². The van der Waals surface area contributed by atoms with Gasteiger partial charge in [-0.15, -0.1) is 0 Å². The van der Waals surface area contributed by atoms with E-state index in [0.29, 0.717) is 30.5 Å². The molecule has 8 aliphatic rings. The number of aliphatic hydroxyl groups excluding tert-OH is 11. The van der Waals surface area contributed by atoms with Crippen LogP contribution in [0.2, 0.25) is 0 Å². The summed E-state index contributed by atoms with van der Waals surface area (Å²) in [5.74, 6) is -0.424. The fourth-order valence-corrected chi connectivity index (χ4v) is 16.1. The summed E-state index contributed by atoms with van der Waals surface area (Å²) in [5.41, 5.74) is -0.482. The number of nitrogens with one attached hydrogen (secondary N) is 1. The van der Waals surface area contributed by atoms with Gasteiger partial charge in [-0.3, -0.25) is 0 Å². The number of anilines is 1. The Morgan fingerprint density at radius 2 is 1.28 bits per heavy atom. The van der Waals surface area contributed by atoms with Crippen molar-refractivity contribution in [2.75, 3.05) is 38.8 Å². The third kappa shape index (κ3) is 9.53. The summed E-state index contributed by atoms with van der Waals surface area (Å²) < 4.78 is 41.3. The molecule has 3 saturated heterocycles. The Hall–Kier alpha value is -2.45. The smallest absolute Gasteiger partial charge is 0.340 e. The van der Waals surface area contributed by atoms with E-state index in [4.69, 9.17) is 33.2 Å². The van der Waals surface area contributed by atoms with E-state index >= 15 is 0 Å². The van der Waals surface area contributed by atoms with E-state index in [9.17, 15) is 61.0 Å². The zero-order chi connectivity index (χ0) is 54.5. The summed E-state index contributed by atoms with van der Waals surface area (Å²) in [6, 6.07) is 7.14. The van der Waals surface area contributed by atoms with Gasteiger partial charge in [0, 0.05) is 12.7 Å². The minimum atomic E-state index is -1.79. The first-order valence-electron chi connectivity index (χ1n) is 27.1. The van der Waals surface area contributed by atoms with Crippen molar-refractivity contribution < 1.29 is 94.1 Å². The average Bonchev–Trinajstić information content (AvgIpc) is 3.35. The SMILES string of the molecule is CNc1ccccc1C(=O)OC[C@@]12C(CC(C)(C)C[C@@H]1O)C1=CC[C@@H]3[C@@]4(C)CC[C@H](O[C@@H]5O[C@H](CO[C@@H]6O[C@H](CO[C@@H]7OC[C@@H](O)[C@H](O)[C@H]7O)[C@@H](O)[C@H](O)[C@H]6O)[C@@H](O)[C@H](O)[C@H]5O)C(C)(C)[C@@H]4CC[C@@]3(C)[C@]1(C)C[C@@H]2O. The van der Waals surface area contributed by atoms with Crippen LogP contribution < -0.4 is 5.32 Å². The molecule has 7 fully saturated rings. The molecule has 24 atom stereocenters. The van der Waals surface area contributed by atoms with Crippen LogP contribution in [0.15, 0.2) is 35.9 Å². The van der Waals surface area contributed by atoms with E-state index < -0.39 is 140 Å². The van der Waals surface area contributed by atoms with Crippen LogP contribution in [0.3, 0.4) is 0 Å². The molecule has 1 aromatic rings. The first-order valence-corrected chi connectivity index (χ1v) is 27.1. The predicted molar refractivity (Wildman–Crippen MR) is 266 cm³/mol. The van der Waals surface area contributed by atoms with Crippen molar-refractivity contribution in [2.45, 2.75) is 204 Å². The van der Waals surface area contributed by atoms with E-state index in [1.54, 1.807) is 19.2 Å². The van der Waals surface area contributed by atoms with E-state index in [0.717, 1.165) is 32.1 Å². The Labute approximate surface area is 439 Å². The summed E-state index contributed by atoms with van der Waals surface area (Å²) in [4.78, 5) is 13.7. The highest BCUT2D eigenvalue weighted by molar-refractivity contribution is 5.95. The molecular formula is C55H85NO19. The third-order valence-electron chi connectivity index (χ3n) is 20.6. The summed E-state index contributed by atoms with van der Waals surface area (Å²) >= 11 is 0. The number of benzene rings is 1. The molecule has 0 aromatic heterocycles. The molecule has 0 spiro atoms. The molecule has 4 saturated carbocycles. The number of rotatable bonds is 12. The molecule has 424 valence electrons. The number of carbonyl (C=O) groups excluding carboxylic acids is 1. The Balaban J connectivity index is 0.887. The molecule has 0 bridgehead atoms. The topological polar surface area (TPSA) is 316 Å². The first kappa shape index (κ1) is 57.2. The van der Waals surface area contributed by atoms with Crippen molar-refractivity contribution in [3.63, 3.8) is 0 Å². The second kappa shape index (κ2) is 20.9. The summed E-state index contributed by atoms with van der Waals surface area (Å²) in [5, 5.41) is 124. The zero-order valence-corrected chi connectivity index (χ0v) is 44.6. The van der Waals surface area contributed by atoms with Gasteiger partial charge in [0.1, 0.15) is 73.8 Å². The standard InChI is InChI=1S/C55H85NO19/c1-50(2)19-28-27-13-14-34-52(5)17-16-37(51(3,4)33(52)15-18-53(34,6)54(27,7)21-36(59)55(28,35(58)20-50)25-72-46(68)26-11-9-10-12-29(26)56-8)75-49-45(67)42(64)40(62)32(74-49)24-71-48-44(66)41(63)39(61)31(73-48)23-70-47-43(65)38(60)30(57)22-69-47/h9-13,28,30-45,47-49,56-67H,14-25H2,1-8H3/t28?,30-,31-,32-,33+,34-,35+,36+,37+,38+,39-,40-,41+,42+,43-,44-,45-,47+,48-,49+,52+,53-,54-,55-/m1/s1. The van der Waals surface area contributed by atoms with E-state index in [2.05, 4.69) is 59.9 Å². The highest BCUT2D eigenvalue weighted by atomic mass is 16.7. The van der Waals surface area contributed by atoms with Crippen molar-refractivity contribution in [2.24, 2.45) is 50.2 Å². The highest BCUT2D eigenvalue weighted by Gasteiger charge is 2.72. The van der Waals surface area contributed by atoms with E-state index in [1.165, 1.54) is 5.57 Å². The highest BCUT2D eigenvalue weighted by Crippen LogP contribution is 2.76. The minimum Gasteiger partial charge on any atom is -0.461 e. The van der Waals surface area contributed by atoms with Crippen molar-refractivity contribution in [1.29, 1.82) is 0 Å². The molecule has 3 heterocycles. The second-order valence-electron chi connectivity index (χ2n) is 25.6. The third-order valence-corrected chi connectivity index (χ3v) is 20.6. The molecule has 20 nitrogen and oxygen atoms in total. The second-order valence-corrected chi connectivity index (χ2v) is 25.6. The number of allylic oxidation sites excluding steroid dienone is 2. The Morgan fingerprint density at radius 3 is 1.95 bits per heavy atom. The number of para-hydroxylation sites is 1. The van der Waals surface area contributed by atoms with Gasteiger partial charge in [-0.1, -0.05) is 72.2 Å². The maximum Gasteiger partial charge on any atom is 0.340 e. The quantitative estimate of drug-likeness (QED) is 0.0792. The number of hydrogen-bond acceptors (Lipinski definition) is 20. The number of aliphatic hydroxyl groups is 11. The van der Waals surface area contributed by atoms with Gasteiger partial charge in [-0.25, -0.2) is 4.79 Å². The number of fused-ring (bicyclic) bond motifs is 7. The van der Waals surface area contributed by atoms with Crippen LogP contribution in [0.1, 0.15) is 110 Å². The van der Waals surface area contributed by atoms with Gasteiger partial charge in [0.15, 0.2) is 18.9 Å². The molecular weight excluding hydrogens is 979 g/mol. The van der Waals surface area contributed by atoms with E-state index in [1.807, 2.05) is 12.1 Å². The lowest BCUT2D eigenvalue weighted by Gasteiger charge is -2.72. The van der Waals surface area contributed by atoms with Crippen molar-refractivity contribution in [1.82, 2.24) is 0 Å². The van der Waals surface area contributed by atoms with Gasteiger partial charge >= 0.3 is 5.97 Å². The number of esters is 1. The van der Waals surface area contributed by atoms with Gasteiger partial charge in [0.25, 0.3) is 0 Å². The molecule has 0 amide bonds. The lowest BCUT2D eigenvalue weighted by molar-refractivity contribution is -0.348. The van der Waals surface area contributed by atoms with Crippen LogP contribution >= 0.6 is 0 Å².